The van der Waals surface area contributed by atoms with E-state index in [1.54, 1.807) is 31.3 Å². The molecule has 0 unspecified atom stereocenters. The molecule has 0 fully saturated rings. The lowest BCUT2D eigenvalue weighted by Crippen LogP contribution is -2.07. The Morgan fingerprint density at radius 2 is 2.41 bits per heavy atom. The van der Waals surface area contributed by atoms with Gasteiger partial charge in [-0.3, -0.25) is 0 Å². The molecule has 22 heavy (non-hydrogen) atoms. The number of nitriles is 1. The average Bonchev–Trinajstić information content (AvgIpc) is 2.86. The van der Waals surface area contributed by atoms with Crippen LogP contribution in [-0.2, 0) is 9.53 Å². The Balaban J connectivity index is 2.52. The Labute approximate surface area is 140 Å². The third-order valence-corrected chi connectivity index (χ3v) is 3.24. The van der Waals surface area contributed by atoms with E-state index in [1.165, 1.54) is 10.8 Å². The van der Waals surface area contributed by atoms with Crippen LogP contribution in [0.2, 0.25) is 5.02 Å². The molecule has 0 aliphatic rings. The number of esters is 1. The lowest BCUT2D eigenvalue weighted by Gasteiger charge is -2.05. The van der Waals surface area contributed by atoms with E-state index in [1.807, 2.05) is 6.07 Å². The summed E-state index contributed by atoms with van der Waals surface area (Å²) in [6.45, 7) is 1.86. The number of rotatable bonds is 4. The summed E-state index contributed by atoms with van der Waals surface area (Å²) >= 11 is 9.36. The highest BCUT2D eigenvalue weighted by molar-refractivity contribution is 9.10. The van der Waals surface area contributed by atoms with Crippen LogP contribution in [0.1, 0.15) is 12.6 Å². The van der Waals surface area contributed by atoms with E-state index in [0.29, 0.717) is 21.1 Å². The summed E-state index contributed by atoms with van der Waals surface area (Å²) in [4.78, 5) is 15.9. The van der Waals surface area contributed by atoms with Crippen LogP contribution in [0.15, 0.2) is 34.6 Å². The normalized spacial score (nSPS) is 11.1. The van der Waals surface area contributed by atoms with Gasteiger partial charge >= 0.3 is 5.97 Å². The van der Waals surface area contributed by atoms with Gasteiger partial charge in [-0.2, -0.15) is 10.4 Å². The van der Waals surface area contributed by atoms with Crippen LogP contribution < -0.4 is 0 Å². The summed E-state index contributed by atoms with van der Waals surface area (Å²) in [6, 6.07) is 6.82. The molecule has 0 bridgehead atoms. The van der Waals surface area contributed by atoms with Crippen LogP contribution >= 0.6 is 27.5 Å². The highest BCUT2D eigenvalue weighted by Crippen LogP contribution is 2.22. The molecular weight excluding hydrogens is 372 g/mol. The minimum absolute atomic E-state index is 0.137. The lowest BCUT2D eigenvalue weighted by molar-refractivity contribution is -0.137. The maximum Gasteiger partial charge on any atom is 0.348 e. The largest absolute Gasteiger partial charge is 0.462 e. The topological polar surface area (TPSA) is 80.8 Å². The number of carbonyl (C=O) groups is 1. The molecule has 8 heteroatoms. The Morgan fingerprint density at radius 3 is 3.05 bits per heavy atom. The van der Waals surface area contributed by atoms with Crippen LogP contribution in [0.5, 0.6) is 0 Å². The van der Waals surface area contributed by atoms with Gasteiger partial charge in [0.05, 0.1) is 17.3 Å². The zero-order chi connectivity index (χ0) is 16.1. The summed E-state index contributed by atoms with van der Waals surface area (Å²) in [5.74, 6) is -0.303. The molecule has 0 saturated heterocycles. The summed E-state index contributed by atoms with van der Waals surface area (Å²) in [7, 11) is 0. The predicted molar refractivity (Wildman–Crippen MR) is 84.3 cm³/mol. The van der Waals surface area contributed by atoms with Crippen molar-refractivity contribution in [3.8, 4) is 11.9 Å². The van der Waals surface area contributed by atoms with Crippen molar-refractivity contribution in [3.63, 3.8) is 0 Å². The number of halogens is 2. The number of hydrogen-bond donors (Lipinski definition) is 0. The monoisotopic (exact) mass is 380 g/mol. The van der Waals surface area contributed by atoms with E-state index in [2.05, 4.69) is 26.0 Å². The summed E-state index contributed by atoms with van der Waals surface area (Å²) < 4.78 is 6.78. The van der Waals surface area contributed by atoms with Crippen molar-refractivity contribution < 1.29 is 9.53 Å². The number of carbonyl (C=O) groups excluding carboxylic acids is 1. The van der Waals surface area contributed by atoms with Crippen molar-refractivity contribution >= 4 is 39.6 Å². The van der Waals surface area contributed by atoms with Gasteiger partial charge in [-0.25, -0.2) is 14.5 Å². The number of ether oxygens (including phenoxy) is 1. The lowest BCUT2D eigenvalue weighted by atomic mass is 10.2. The molecule has 0 spiro atoms. The van der Waals surface area contributed by atoms with Gasteiger partial charge in [0.15, 0.2) is 5.82 Å². The van der Waals surface area contributed by atoms with Crippen molar-refractivity contribution in [3.05, 3.63) is 45.3 Å². The predicted octanol–water partition coefficient (Wildman–Crippen LogP) is 3.15. The van der Waals surface area contributed by atoms with Gasteiger partial charge in [0.25, 0.3) is 0 Å². The molecule has 0 saturated carbocycles. The van der Waals surface area contributed by atoms with Crippen LogP contribution in [0.4, 0.5) is 0 Å². The van der Waals surface area contributed by atoms with E-state index in [4.69, 9.17) is 21.6 Å². The molecule has 2 aromatic rings. The number of aromatic nitrogens is 3. The molecule has 0 N–H and O–H groups in total. The smallest absolute Gasteiger partial charge is 0.348 e. The fourth-order valence-electron chi connectivity index (χ4n) is 1.66. The highest BCUT2D eigenvalue weighted by atomic mass is 79.9. The molecule has 0 aromatic carbocycles. The fourth-order valence-corrected chi connectivity index (χ4v) is 2.26. The van der Waals surface area contributed by atoms with Crippen molar-refractivity contribution in [2.75, 3.05) is 6.61 Å². The van der Waals surface area contributed by atoms with E-state index in [9.17, 15) is 4.79 Å². The molecular formula is C14H10BrClN4O2. The molecule has 0 aliphatic carbocycles. The Bertz CT molecular complexity index is 779. The molecule has 0 radical (unpaired) electrons. The second-order valence-corrected chi connectivity index (χ2v) is 5.22. The van der Waals surface area contributed by atoms with E-state index in [-0.39, 0.29) is 12.2 Å². The Hall–Kier alpha value is -2.17. The number of nitrogens with zero attached hydrogens (tertiary/aromatic N) is 4. The summed E-state index contributed by atoms with van der Waals surface area (Å²) in [6.07, 6.45) is 2.95. The zero-order valence-corrected chi connectivity index (χ0v) is 13.8. The third-order valence-electron chi connectivity index (χ3n) is 2.55. The third kappa shape index (κ3) is 3.53. The zero-order valence-electron chi connectivity index (χ0n) is 11.5. The minimum Gasteiger partial charge on any atom is -0.462 e. The van der Waals surface area contributed by atoms with Gasteiger partial charge in [-0.05, 0) is 47.1 Å². The first-order chi connectivity index (χ1) is 10.6. The van der Waals surface area contributed by atoms with Gasteiger partial charge in [0.2, 0.25) is 0 Å². The van der Waals surface area contributed by atoms with E-state index < -0.39 is 5.97 Å². The van der Waals surface area contributed by atoms with Gasteiger partial charge in [0, 0.05) is 6.20 Å². The number of pyridine rings is 1. The van der Waals surface area contributed by atoms with Crippen LogP contribution in [0.25, 0.3) is 11.9 Å². The van der Waals surface area contributed by atoms with Gasteiger partial charge in [-0.15, -0.1) is 0 Å². The van der Waals surface area contributed by atoms with Crippen LogP contribution in [0, 0.1) is 11.3 Å². The standard InChI is InChI=1S/C14H10BrClN4O2/c1-2-22-14(21)9(8-17)6-10-7-12(15)19-20(10)13-11(16)4-3-5-18-13/h3-7H,2H2,1H3/b9-6+. The SMILES string of the molecule is CCOC(=O)/C(C#N)=C/c1cc(Br)nn1-c1ncccc1Cl. The van der Waals surface area contributed by atoms with Gasteiger partial charge in [-0.1, -0.05) is 11.6 Å². The first kappa shape index (κ1) is 16.2. The maximum absolute atomic E-state index is 11.7. The summed E-state index contributed by atoms with van der Waals surface area (Å²) in [5.41, 5.74) is 0.333. The molecule has 0 aliphatic heterocycles. The fraction of sp³-hybridized carbons (Fsp3) is 0.143. The van der Waals surface area contributed by atoms with E-state index >= 15 is 0 Å². The molecule has 2 rings (SSSR count). The van der Waals surface area contributed by atoms with Crippen LogP contribution in [0.3, 0.4) is 0 Å². The molecule has 2 heterocycles. The maximum atomic E-state index is 11.7. The molecule has 2 aromatic heterocycles. The Morgan fingerprint density at radius 1 is 1.64 bits per heavy atom. The number of hydrogen-bond acceptors (Lipinski definition) is 5. The molecule has 6 nitrogen and oxygen atoms in total. The second kappa shape index (κ2) is 7.20. The van der Waals surface area contributed by atoms with E-state index in [0.717, 1.165) is 0 Å². The Kier molecular flexibility index (Phi) is 5.31. The van der Waals surface area contributed by atoms with Crippen LogP contribution in [-0.4, -0.2) is 27.3 Å². The molecule has 0 atom stereocenters. The van der Waals surface area contributed by atoms with Crippen molar-refractivity contribution in [2.45, 2.75) is 6.92 Å². The second-order valence-electron chi connectivity index (χ2n) is 4.00. The first-order valence-electron chi connectivity index (χ1n) is 6.22. The van der Waals surface area contributed by atoms with Gasteiger partial charge < -0.3 is 4.74 Å². The summed E-state index contributed by atoms with van der Waals surface area (Å²) in [5, 5.41) is 13.7. The molecule has 0 amide bonds. The minimum atomic E-state index is -0.694. The van der Waals surface area contributed by atoms with Gasteiger partial charge in [0.1, 0.15) is 16.2 Å². The molecule has 112 valence electrons. The van der Waals surface area contributed by atoms with Crippen molar-refractivity contribution in [1.29, 1.82) is 5.26 Å². The van der Waals surface area contributed by atoms with Crippen molar-refractivity contribution in [2.24, 2.45) is 0 Å². The highest BCUT2D eigenvalue weighted by Gasteiger charge is 2.15. The first-order valence-corrected chi connectivity index (χ1v) is 7.39. The average molecular weight is 382 g/mol. The van der Waals surface area contributed by atoms with Crippen molar-refractivity contribution in [1.82, 2.24) is 14.8 Å². The quantitative estimate of drug-likeness (QED) is 0.462.